The van der Waals surface area contributed by atoms with Crippen molar-refractivity contribution in [3.05, 3.63) is 10.6 Å². The average molecular weight is 177 g/mol. The topological polar surface area (TPSA) is 17.1 Å². The lowest BCUT2D eigenvalue weighted by Crippen LogP contribution is -1.80. The van der Waals surface area contributed by atoms with E-state index in [0.29, 0.717) is 10.4 Å². The van der Waals surface area contributed by atoms with Gasteiger partial charge in [-0.1, -0.05) is 19.9 Å². The van der Waals surface area contributed by atoms with Crippen LogP contribution < -0.4 is 0 Å². The second-order valence-electron chi connectivity index (χ2n) is 1.91. The Balaban J connectivity index is 3.74. The molecule has 0 N–H and O–H groups in total. The molecule has 0 aromatic carbocycles. The van der Waals surface area contributed by atoms with Gasteiger partial charge in [0, 0.05) is 0 Å². The van der Waals surface area contributed by atoms with Gasteiger partial charge in [0.2, 0.25) is 0 Å². The normalized spacial score (nSPS) is 12.2. The van der Waals surface area contributed by atoms with Crippen molar-refractivity contribution in [2.24, 2.45) is 5.92 Å². The van der Waals surface area contributed by atoms with E-state index in [4.69, 9.17) is 0 Å². The van der Waals surface area contributed by atoms with Gasteiger partial charge < -0.3 is 0 Å². The number of rotatable bonds is 2. The van der Waals surface area contributed by atoms with Crippen molar-refractivity contribution in [2.45, 2.75) is 13.8 Å². The van der Waals surface area contributed by atoms with Crippen LogP contribution in [0.25, 0.3) is 0 Å². The van der Waals surface area contributed by atoms with Gasteiger partial charge in [-0.15, -0.1) is 0 Å². The molecule has 0 aromatic rings. The predicted molar refractivity (Wildman–Crippen MR) is 37.9 cm³/mol. The number of carbonyl (C=O) groups is 1. The summed E-state index contributed by atoms with van der Waals surface area (Å²) in [5.41, 5.74) is 0. The number of hydrogen-bond acceptors (Lipinski definition) is 1. The fourth-order valence-electron chi connectivity index (χ4n) is 0.358. The molecule has 0 aliphatic carbocycles. The highest BCUT2D eigenvalue weighted by molar-refractivity contribution is 9.12. The van der Waals surface area contributed by atoms with Crippen molar-refractivity contribution in [1.82, 2.24) is 0 Å². The molecule has 0 bridgehead atoms. The summed E-state index contributed by atoms with van der Waals surface area (Å²) in [6, 6.07) is 0. The van der Waals surface area contributed by atoms with E-state index in [1.54, 1.807) is 0 Å². The van der Waals surface area contributed by atoms with Crippen molar-refractivity contribution in [1.29, 1.82) is 0 Å². The Morgan fingerprint density at radius 2 is 2.12 bits per heavy atom. The van der Waals surface area contributed by atoms with Crippen molar-refractivity contribution < 1.29 is 4.79 Å². The molecular weight excluding hydrogens is 168 g/mol. The highest BCUT2D eigenvalue weighted by atomic mass is 79.9. The lowest BCUT2D eigenvalue weighted by atomic mass is 10.2. The first-order chi connectivity index (χ1) is 3.66. The van der Waals surface area contributed by atoms with Gasteiger partial charge in [0.1, 0.15) is 0 Å². The molecular formula is C6H9BrO. The molecule has 0 aromatic heterocycles. The Morgan fingerprint density at radius 1 is 1.62 bits per heavy atom. The van der Waals surface area contributed by atoms with Crippen molar-refractivity contribution >= 4 is 22.2 Å². The van der Waals surface area contributed by atoms with Crippen LogP contribution in [0.4, 0.5) is 0 Å². The fraction of sp³-hybridized carbons (Fsp3) is 0.500. The molecule has 0 spiro atoms. The van der Waals surface area contributed by atoms with Crippen LogP contribution in [0.2, 0.25) is 0 Å². The number of aldehydes is 1. The minimum absolute atomic E-state index is 0.439. The van der Waals surface area contributed by atoms with Crippen LogP contribution in [0.5, 0.6) is 0 Å². The smallest absolute Gasteiger partial charge is 0.156 e. The summed E-state index contributed by atoms with van der Waals surface area (Å²) in [5.74, 6) is 0.439. The van der Waals surface area contributed by atoms with Crippen LogP contribution in [0.3, 0.4) is 0 Å². The maximum atomic E-state index is 9.93. The maximum absolute atomic E-state index is 9.93. The molecule has 8 heavy (non-hydrogen) atoms. The molecule has 46 valence electrons. The SMILES string of the molecule is CC(C)/C=C(\Br)C=O. The molecule has 0 aliphatic rings. The molecule has 0 unspecified atom stereocenters. The molecule has 1 nitrogen and oxygen atoms in total. The van der Waals surface area contributed by atoms with E-state index in [1.165, 1.54) is 0 Å². The van der Waals surface area contributed by atoms with E-state index in [1.807, 2.05) is 19.9 Å². The number of allylic oxidation sites excluding steroid dienone is 2. The Labute approximate surface area is 57.9 Å². The summed E-state index contributed by atoms with van der Waals surface area (Å²) in [6.45, 7) is 4.04. The highest BCUT2D eigenvalue weighted by Crippen LogP contribution is 2.05. The monoisotopic (exact) mass is 176 g/mol. The fourth-order valence-corrected chi connectivity index (χ4v) is 0.886. The van der Waals surface area contributed by atoms with Gasteiger partial charge in [0.05, 0.1) is 4.48 Å². The quantitative estimate of drug-likeness (QED) is 0.466. The van der Waals surface area contributed by atoms with E-state index in [-0.39, 0.29) is 0 Å². The zero-order valence-corrected chi connectivity index (χ0v) is 6.60. The second-order valence-corrected chi connectivity index (χ2v) is 2.83. The third kappa shape index (κ3) is 4.06. The van der Waals surface area contributed by atoms with Crippen LogP contribution in [0.15, 0.2) is 10.6 Å². The summed E-state index contributed by atoms with van der Waals surface area (Å²) in [7, 11) is 0. The van der Waals surface area contributed by atoms with Gasteiger partial charge in [-0.05, 0) is 21.8 Å². The minimum Gasteiger partial charge on any atom is -0.297 e. The zero-order chi connectivity index (χ0) is 6.57. The second kappa shape index (κ2) is 3.84. The predicted octanol–water partition coefficient (Wildman–Crippen LogP) is 2.12. The first-order valence-electron chi connectivity index (χ1n) is 2.49. The third-order valence-corrected chi connectivity index (χ3v) is 1.06. The van der Waals surface area contributed by atoms with Crippen LogP contribution in [0.1, 0.15) is 13.8 Å². The van der Waals surface area contributed by atoms with E-state index in [0.717, 1.165) is 6.29 Å². The molecule has 0 rings (SSSR count). The van der Waals surface area contributed by atoms with Gasteiger partial charge in [-0.25, -0.2) is 0 Å². The van der Waals surface area contributed by atoms with Crippen molar-refractivity contribution in [3.63, 3.8) is 0 Å². The molecule has 2 heteroatoms. The van der Waals surface area contributed by atoms with E-state index in [9.17, 15) is 4.79 Å². The molecule has 0 atom stereocenters. The Hall–Kier alpha value is -0.110. The molecule has 0 radical (unpaired) electrons. The summed E-state index contributed by atoms with van der Waals surface area (Å²) in [4.78, 5) is 9.93. The van der Waals surface area contributed by atoms with Crippen LogP contribution in [-0.4, -0.2) is 6.29 Å². The summed E-state index contributed by atoms with van der Waals surface area (Å²) in [6.07, 6.45) is 2.65. The van der Waals surface area contributed by atoms with E-state index in [2.05, 4.69) is 15.9 Å². The molecule has 0 heterocycles. The number of hydrogen-bond donors (Lipinski definition) is 0. The zero-order valence-electron chi connectivity index (χ0n) is 5.02. The number of carbonyl (C=O) groups excluding carboxylic acids is 1. The average Bonchev–Trinajstić information content (AvgIpc) is 1.65. The molecule has 0 aliphatic heterocycles. The van der Waals surface area contributed by atoms with Crippen molar-refractivity contribution in [3.8, 4) is 0 Å². The van der Waals surface area contributed by atoms with Gasteiger partial charge in [-0.3, -0.25) is 4.79 Å². The van der Waals surface area contributed by atoms with Crippen LogP contribution >= 0.6 is 15.9 Å². The third-order valence-electron chi connectivity index (χ3n) is 0.605. The van der Waals surface area contributed by atoms with Crippen molar-refractivity contribution in [2.75, 3.05) is 0 Å². The molecule has 0 saturated carbocycles. The largest absolute Gasteiger partial charge is 0.297 e. The lowest BCUT2D eigenvalue weighted by Gasteiger charge is -1.91. The highest BCUT2D eigenvalue weighted by Gasteiger charge is 1.88. The Morgan fingerprint density at radius 3 is 2.25 bits per heavy atom. The Kier molecular flexibility index (Phi) is 3.79. The molecule has 0 amide bonds. The van der Waals surface area contributed by atoms with E-state index < -0.39 is 0 Å². The van der Waals surface area contributed by atoms with E-state index >= 15 is 0 Å². The van der Waals surface area contributed by atoms with Gasteiger partial charge >= 0.3 is 0 Å². The Bertz CT molecular complexity index is 105. The van der Waals surface area contributed by atoms with Gasteiger partial charge in [0.15, 0.2) is 6.29 Å². The minimum atomic E-state index is 0.439. The molecule has 0 fully saturated rings. The first kappa shape index (κ1) is 7.89. The lowest BCUT2D eigenvalue weighted by molar-refractivity contribution is -0.104. The van der Waals surface area contributed by atoms with Crippen LogP contribution in [0, 0.1) is 5.92 Å². The first-order valence-corrected chi connectivity index (χ1v) is 3.28. The standard InChI is InChI=1S/C6H9BrO/c1-5(2)3-6(7)4-8/h3-5H,1-2H3/b6-3-. The maximum Gasteiger partial charge on any atom is 0.156 e. The summed E-state index contributed by atoms with van der Waals surface area (Å²) in [5, 5.41) is 0. The molecule has 0 saturated heterocycles. The van der Waals surface area contributed by atoms with Gasteiger partial charge in [-0.2, -0.15) is 0 Å². The number of halogens is 1. The summed E-state index contributed by atoms with van der Waals surface area (Å²) >= 11 is 3.07. The van der Waals surface area contributed by atoms with Crippen LogP contribution in [-0.2, 0) is 4.79 Å². The van der Waals surface area contributed by atoms with Gasteiger partial charge in [0.25, 0.3) is 0 Å². The summed E-state index contributed by atoms with van der Waals surface area (Å²) < 4.78 is 0.632.